The Morgan fingerprint density at radius 3 is 2.25 bits per heavy atom. The SMILES string of the molecule is O=C(CCc1ccccc1)Oc1ccc(Oc2ccccn2)cc1. The van der Waals surface area contributed by atoms with E-state index in [0.717, 1.165) is 5.56 Å². The van der Waals surface area contributed by atoms with Crippen LogP contribution in [0.2, 0.25) is 0 Å². The Hall–Kier alpha value is -3.14. The molecule has 1 heterocycles. The fraction of sp³-hybridized carbons (Fsp3) is 0.100. The van der Waals surface area contributed by atoms with Gasteiger partial charge in [0.25, 0.3) is 0 Å². The molecule has 3 rings (SSSR count). The van der Waals surface area contributed by atoms with Gasteiger partial charge < -0.3 is 9.47 Å². The number of esters is 1. The summed E-state index contributed by atoms with van der Waals surface area (Å²) in [7, 11) is 0. The summed E-state index contributed by atoms with van der Waals surface area (Å²) in [5, 5.41) is 0. The second-order valence-electron chi connectivity index (χ2n) is 5.20. The Morgan fingerprint density at radius 1 is 0.833 bits per heavy atom. The molecular weight excluding hydrogens is 302 g/mol. The first-order valence-electron chi connectivity index (χ1n) is 7.73. The lowest BCUT2D eigenvalue weighted by Gasteiger charge is -2.07. The maximum absolute atomic E-state index is 11.9. The lowest BCUT2D eigenvalue weighted by molar-refractivity contribution is -0.134. The van der Waals surface area contributed by atoms with Crippen LogP contribution in [0.15, 0.2) is 79.0 Å². The molecule has 0 bridgehead atoms. The Labute approximate surface area is 140 Å². The van der Waals surface area contributed by atoms with E-state index < -0.39 is 0 Å². The molecule has 2 aromatic carbocycles. The van der Waals surface area contributed by atoms with Gasteiger partial charge in [-0.1, -0.05) is 36.4 Å². The second kappa shape index (κ2) is 7.92. The van der Waals surface area contributed by atoms with Crippen LogP contribution in [-0.2, 0) is 11.2 Å². The average Bonchev–Trinajstić information content (AvgIpc) is 2.63. The predicted molar refractivity (Wildman–Crippen MR) is 91.2 cm³/mol. The molecule has 0 radical (unpaired) electrons. The Kier molecular flexibility index (Phi) is 5.20. The number of ether oxygens (including phenoxy) is 2. The van der Waals surface area contributed by atoms with Crippen LogP contribution in [0, 0.1) is 0 Å². The highest BCUT2D eigenvalue weighted by Gasteiger charge is 2.06. The molecule has 0 saturated carbocycles. The summed E-state index contributed by atoms with van der Waals surface area (Å²) in [6, 6.07) is 22.2. The van der Waals surface area contributed by atoms with E-state index in [9.17, 15) is 4.79 Å². The molecule has 0 fully saturated rings. The minimum absolute atomic E-state index is 0.253. The van der Waals surface area contributed by atoms with Crippen molar-refractivity contribution in [3.8, 4) is 17.4 Å². The lowest BCUT2D eigenvalue weighted by Crippen LogP contribution is -2.08. The summed E-state index contributed by atoms with van der Waals surface area (Å²) in [5.74, 6) is 1.40. The molecule has 0 N–H and O–H groups in total. The van der Waals surface area contributed by atoms with Gasteiger partial charge >= 0.3 is 5.97 Å². The number of hydrogen-bond acceptors (Lipinski definition) is 4. The van der Waals surface area contributed by atoms with Crippen LogP contribution in [0.1, 0.15) is 12.0 Å². The number of carbonyl (C=O) groups excluding carboxylic acids is 1. The zero-order chi connectivity index (χ0) is 16.6. The van der Waals surface area contributed by atoms with Crippen molar-refractivity contribution in [1.29, 1.82) is 0 Å². The zero-order valence-electron chi connectivity index (χ0n) is 13.1. The number of aromatic nitrogens is 1. The van der Waals surface area contributed by atoms with Crippen LogP contribution in [0.25, 0.3) is 0 Å². The van der Waals surface area contributed by atoms with Gasteiger partial charge in [-0.2, -0.15) is 0 Å². The van der Waals surface area contributed by atoms with Crippen LogP contribution in [0.3, 0.4) is 0 Å². The molecule has 4 heteroatoms. The fourth-order valence-electron chi connectivity index (χ4n) is 2.18. The minimum Gasteiger partial charge on any atom is -0.439 e. The number of benzene rings is 2. The number of rotatable bonds is 6. The van der Waals surface area contributed by atoms with Crippen molar-refractivity contribution >= 4 is 5.97 Å². The first-order chi connectivity index (χ1) is 11.8. The number of hydrogen-bond donors (Lipinski definition) is 0. The van der Waals surface area contributed by atoms with Crippen LogP contribution in [0.4, 0.5) is 0 Å². The second-order valence-corrected chi connectivity index (χ2v) is 5.20. The molecule has 1 aromatic heterocycles. The number of nitrogens with zero attached hydrogens (tertiary/aromatic N) is 1. The predicted octanol–water partition coefficient (Wildman–Crippen LogP) is 4.41. The van der Waals surface area contributed by atoms with Gasteiger partial charge in [0.1, 0.15) is 11.5 Å². The van der Waals surface area contributed by atoms with Gasteiger partial charge in [-0.3, -0.25) is 4.79 Å². The smallest absolute Gasteiger partial charge is 0.311 e. The van der Waals surface area contributed by atoms with Gasteiger partial charge in [0.2, 0.25) is 5.88 Å². The highest BCUT2D eigenvalue weighted by atomic mass is 16.5. The van der Waals surface area contributed by atoms with Crippen molar-refractivity contribution in [2.75, 3.05) is 0 Å². The third-order valence-corrected chi connectivity index (χ3v) is 3.38. The molecule has 4 nitrogen and oxygen atoms in total. The third-order valence-electron chi connectivity index (χ3n) is 3.38. The molecular formula is C20H17NO3. The van der Waals surface area contributed by atoms with E-state index >= 15 is 0 Å². The first kappa shape index (κ1) is 15.7. The van der Waals surface area contributed by atoms with Gasteiger partial charge in [-0.25, -0.2) is 4.98 Å². The molecule has 3 aromatic rings. The number of pyridine rings is 1. The van der Waals surface area contributed by atoms with Crippen molar-refractivity contribution < 1.29 is 14.3 Å². The van der Waals surface area contributed by atoms with Crippen molar-refractivity contribution in [2.45, 2.75) is 12.8 Å². The van der Waals surface area contributed by atoms with Crippen molar-refractivity contribution in [1.82, 2.24) is 4.98 Å². The molecule has 0 aliphatic rings. The summed E-state index contributed by atoms with van der Waals surface area (Å²) in [5.41, 5.74) is 1.12. The summed E-state index contributed by atoms with van der Waals surface area (Å²) in [4.78, 5) is 16.0. The van der Waals surface area contributed by atoms with Gasteiger partial charge in [0.15, 0.2) is 0 Å². The average molecular weight is 319 g/mol. The summed E-state index contributed by atoms with van der Waals surface area (Å²) in [6.07, 6.45) is 2.68. The maximum atomic E-state index is 11.9. The van der Waals surface area contributed by atoms with Gasteiger partial charge in [-0.15, -0.1) is 0 Å². The van der Waals surface area contributed by atoms with Crippen LogP contribution >= 0.6 is 0 Å². The zero-order valence-corrected chi connectivity index (χ0v) is 13.1. The Morgan fingerprint density at radius 2 is 1.54 bits per heavy atom. The summed E-state index contributed by atoms with van der Waals surface area (Å²) in [6.45, 7) is 0. The summed E-state index contributed by atoms with van der Waals surface area (Å²) < 4.78 is 10.9. The first-order valence-corrected chi connectivity index (χ1v) is 7.73. The van der Waals surface area contributed by atoms with Crippen LogP contribution in [-0.4, -0.2) is 11.0 Å². The Bertz CT molecular complexity index is 771. The fourth-order valence-corrected chi connectivity index (χ4v) is 2.18. The van der Waals surface area contributed by atoms with E-state index in [-0.39, 0.29) is 5.97 Å². The van der Waals surface area contributed by atoms with E-state index in [2.05, 4.69) is 4.98 Å². The lowest BCUT2D eigenvalue weighted by atomic mass is 10.1. The van der Waals surface area contributed by atoms with E-state index in [1.807, 2.05) is 42.5 Å². The highest BCUT2D eigenvalue weighted by molar-refractivity contribution is 5.72. The Balaban J connectivity index is 1.51. The third kappa shape index (κ3) is 4.68. The molecule has 0 atom stereocenters. The van der Waals surface area contributed by atoms with Crippen molar-refractivity contribution in [3.63, 3.8) is 0 Å². The highest BCUT2D eigenvalue weighted by Crippen LogP contribution is 2.22. The van der Waals surface area contributed by atoms with Gasteiger partial charge in [0, 0.05) is 18.7 Å². The van der Waals surface area contributed by atoms with E-state index in [1.165, 1.54) is 0 Å². The molecule has 0 aliphatic heterocycles. The minimum atomic E-state index is -0.253. The standard InChI is InChI=1S/C20H17NO3/c22-20(14-9-16-6-2-1-3-7-16)24-18-12-10-17(11-13-18)23-19-8-4-5-15-21-19/h1-8,10-13,15H,9,14H2. The molecule has 24 heavy (non-hydrogen) atoms. The molecule has 0 aliphatic carbocycles. The molecule has 120 valence electrons. The number of aryl methyl sites for hydroxylation is 1. The molecule has 0 spiro atoms. The monoisotopic (exact) mass is 319 g/mol. The maximum Gasteiger partial charge on any atom is 0.311 e. The van der Waals surface area contributed by atoms with Gasteiger partial charge in [-0.05, 0) is 42.3 Å². The van der Waals surface area contributed by atoms with E-state index in [4.69, 9.17) is 9.47 Å². The largest absolute Gasteiger partial charge is 0.439 e. The molecule has 0 saturated heterocycles. The summed E-state index contributed by atoms with van der Waals surface area (Å²) >= 11 is 0. The molecule has 0 amide bonds. The van der Waals surface area contributed by atoms with Crippen LogP contribution < -0.4 is 9.47 Å². The van der Waals surface area contributed by atoms with Gasteiger partial charge in [0.05, 0.1) is 0 Å². The molecule has 0 unspecified atom stereocenters. The van der Waals surface area contributed by atoms with E-state index in [1.54, 1.807) is 36.5 Å². The topological polar surface area (TPSA) is 48.4 Å². The quantitative estimate of drug-likeness (QED) is 0.499. The number of carbonyl (C=O) groups is 1. The van der Waals surface area contributed by atoms with Crippen molar-refractivity contribution in [2.24, 2.45) is 0 Å². The van der Waals surface area contributed by atoms with Crippen molar-refractivity contribution in [3.05, 3.63) is 84.6 Å². The van der Waals surface area contributed by atoms with Crippen LogP contribution in [0.5, 0.6) is 17.4 Å². The van der Waals surface area contributed by atoms with E-state index in [0.29, 0.717) is 30.2 Å². The normalized spacial score (nSPS) is 10.2.